The van der Waals surface area contributed by atoms with Crippen LogP contribution >= 0.6 is 0 Å². The first-order valence-electron chi connectivity index (χ1n) is 5.98. The summed E-state index contributed by atoms with van der Waals surface area (Å²) in [6.07, 6.45) is -1.77. The lowest BCUT2D eigenvalue weighted by Gasteiger charge is -2.16. The highest BCUT2D eigenvalue weighted by Crippen LogP contribution is 2.24. The minimum absolute atomic E-state index is 0.122. The normalized spacial score (nSPS) is 22.9. The van der Waals surface area contributed by atoms with E-state index in [2.05, 4.69) is 0 Å². The second-order valence-corrected chi connectivity index (χ2v) is 4.70. The van der Waals surface area contributed by atoms with Crippen molar-refractivity contribution in [1.29, 1.82) is 0 Å². The van der Waals surface area contributed by atoms with Crippen LogP contribution in [0.25, 0.3) is 0 Å². The third-order valence-corrected chi connectivity index (χ3v) is 3.27. The van der Waals surface area contributed by atoms with Gasteiger partial charge in [-0.2, -0.15) is 0 Å². The van der Waals surface area contributed by atoms with Crippen molar-refractivity contribution < 1.29 is 25.0 Å². The highest BCUT2D eigenvalue weighted by atomic mass is 16.6. The fourth-order valence-electron chi connectivity index (χ4n) is 2.33. The van der Waals surface area contributed by atoms with E-state index >= 15 is 0 Å². The number of aromatic carboxylic acids is 1. The van der Waals surface area contributed by atoms with Gasteiger partial charge in [0.05, 0.1) is 17.1 Å². The maximum absolute atomic E-state index is 11.2. The third kappa shape index (κ3) is 2.77. The second kappa shape index (κ2) is 5.53. The maximum Gasteiger partial charge on any atom is 0.343 e. The summed E-state index contributed by atoms with van der Waals surface area (Å²) in [5, 5.41) is 38.9. The fourth-order valence-corrected chi connectivity index (χ4v) is 2.33. The van der Waals surface area contributed by atoms with Crippen LogP contribution in [-0.2, 0) is 6.54 Å². The minimum Gasteiger partial charge on any atom is -0.477 e. The van der Waals surface area contributed by atoms with Crippen LogP contribution in [0.15, 0.2) is 18.2 Å². The van der Waals surface area contributed by atoms with Crippen LogP contribution in [0.1, 0.15) is 15.9 Å². The molecule has 20 heavy (non-hydrogen) atoms. The van der Waals surface area contributed by atoms with E-state index in [0.717, 1.165) is 6.07 Å². The molecular formula is C12H14N2O6. The Bertz CT molecular complexity index is 537. The Kier molecular flexibility index (Phi) is 3.98. The quantitative estimate of drug-likeness (QED) is 0.517. The summed E-state index contributed by atoms with van der Waals surface area (Å²) in [7, 11) is 0. The number of β-amino-alcohol motifs (C(OH)–C–C–N with tert-alkyl or cyclic N) is 2. The summed E-state index contributed by atoms with van der Waals surface area (Å²) < 4.78 is 0. The molecule has 2 atom stereocenters. The number of carbonyl (C=O) groups is 1. The molecule has 2 rings (SSSR count). The molecule has 0 aliphatic carbocycles. The molecule has 1 aliphatic rings. The van der Waals surface area contributed by atoms with Crippen LogP contribution in [0.5, 0.6) is 0 Å². The lowest BCUT2D eigenvalue weighted by atomic mass is 10.0. The zero-order valence-corrected chi connectivity index (χ0v) is 10.5. The van der Waals surface area contributed by atoms with Crippen LogP contribution in [0.3, 0.4) is 0 Å². The zero-order chi connectivity index (χ0) is 14.9. The summed E-state index contributed by atoms with van der Waals surface area (Å²) in [6.45, 7) is 0.517. The Morgan fingerprint density at radius 3 is 2.45 bits per heavy atom. The average molecular weight is 282 g/mol. The molecule has 2 unspecified atom stereocenters. The van der Waals surface area contributed by atoms with Crippen molar-refractivity contribution in [3.8, 4) is 0 Å². The van der Waals surface area contributed by atoms with Crippen LogP contribution in [0, 0.1) is 10.1 Å². The number of nitrogens with zero attached hydrogens (tertiary/aromatic N) is 2. The third-order valence-electron chi connectivity index (χ3n) is 3.27. The summed E-state index contributed by atoms with van der Waals surface area (Å²) in [5.41, 5.74) is -0.531. The van der Waals surface area contributed by atoms with E-state index in [-0.39, 0.29) is 30.8 Å². The first kappa shape index (κ1) is 14.4. The van der Waals surface area contributed by atoms with Crippen molar-refractivity contribution in [2.24, 2.45) is 0 Å². The minimum atomic E-state index is -1.37. The molecule has 1 heterocycles. The van der Waals surface area contributed by atoms with Crippen LogP contribution < -0.4 is 0 Å². The van der Waals surface area contributed by atoms with E-state index in [1.807, 2.05) is 0 Å². The molecule has 8 heteroatoms. The number of carboxylic acids is 1. The first-order valence-corrected chi connectivity index (χ1v) is 5.98. The van der Waals surface area contributed by atoms with Crippen LogP contribution in [0.2, 0.25) is 0 Å². The Hall–Kier alpha value is -2.03. The van der Waals surface area contributed by atoms with E-state index in [1.165, 1.54) is 12.1 Å². The highest BCUT2D eigenvalue weighted by Gasteiger charge is 2.31. The lowest BCUT2D eigenvalue weighted by Crippen LogP contribution is -2.23. The summed E-state index contributed by atoms with van der Waals surface area (Å²) >= 11 is 0. The molecule has 3 N–H and O–H groups in total. The Morgan fingerprint density at radius 1 is 1.35 bits per heavy atom. The molecule has 8 nitrogen and oxygen atoms in total. The van der Waals surface area contributed by atoms with Gasteiger partial charge >= 0.3 is 5.97 Å². The standard InChI is InChI=1S/C12H14N2O6/c15-9-5-13(6-10(9)16)4-7-2-1-3-8(14(19)20)11(7)12(17)18/h1-3,9-10,15-16H,4-6H2,(H,17,18). The van der Waals surface area contributed by atoms with E-state index in [1.54, 1.807) is 4.90 Å². The van der Waals surface area contributed by atoms with Gasteiger partial charge in [-0.1, -0.05) is 12.1 Å². The molecule has 0 radical (unpaired) electrons. The molecule has 0 aromatic heterocycles. The van der Waals surface area contributed by atoms with Gasteiger partial charge in [0.15, 0.2) is 0 Å². The van der Waals surface area contributed by atoms with Gasteiger partial charge in [-0.25, -0.2) is 4.79 Å². The number of carboxylic acid groups (broad SMARTS) is 1. The molecule has 0 amide bonds. The number of hydrogen-bond acceptors (Lipinski definition) is 6. The predicted octanol–water partition coefficient (Wildman–Crippen LogP) is -0.170. The summed E-state index contributed by atoms with van der Waals surface area (Å²) in [5.74, 6) is -1.37. The van der Waals surface area contributed by atoms with Gasteiger partial charge < -0.3 is 15.3 Å². The number of likely N-dealkylation sites (tertiary alicyclic amines) is 1. The molecule has 1 saturated heterocycles. The van der Waals surface area contributed by atoms with E-state index in [0.29, 0.717) is 0 Å². The van der Waals surface area contributed by atoms with Gasteiger partial charge in [0, 0.05) is 25.7 Å². The maximum atomic E-state index is 11.2. The second-order valence-electron chi connectivity index (χ2n) is 4.70. The van der Waals surface area contributed by atoms with E-state index in [4.69, 9.17) is 5.11 Å². The lowest BCUT2D eigenvalue weighted by molar-refractivity contribution is -0.385. The number of rotatable bonds is 4. The number of nitro benzene ring substituents is 1. The molecule has 0 saturated carbocycles. The summed E-state index contributed by atoms with van der Waals surface area (Å²) in [6, 6.07) is 4.05. The van der Waals surface area contributed by atoms with E-state index < -0.39 is 28.8 Å². The van der Waals surface area contributed by atoms with Crippen molar-refractivity contribution >= 4 is 11.7 Å². The van der Waals surface area contributed by atoms with Crippen molar-refractivity contribution in [2.75, 3.05) is 13.1 Å². The predicted molar refractivity (Wildman–Crippen MR) is 67.3 cm³/mol. The number of nitro groups is 1. The SMILES string of the molecule is O=C(O)c1c(CN2CC(O)C(O)C2)cccc1[N+](=O)[O-]. The van der Waals surface area contributed by atoms with Crippen LogP contribution in [0.4, 0.5) is 5.69 Å². The van der Waals surface area contributed by atoms with Crippen molar-refractivity contribution in [3.05, 3.63) is 39.4 Å². The van der Waals surface area contributed by atoms with E-state index in [9.17, 15) is 25.1 Å². The fraction of sp³-hybridized carbons (Fsp3) is 0.417. The largest absolute Gasteiger partial charge is 0.477 e. The molecule has 1 fully saturated rings. The monoisotopic (exact) mass is 282 g/mol. The highest BCUT2D eigenvalue weighted by molar-refractivity contribution is 5.94. The number of benzene rings is 1. The average Bonchev–Trinajstić information content (AvgIpc) is 2.67. The Labute approximate surface area is 114 Å². The molecule has 1 aliphatic heterocycles. The number of aliphatic hydroxyl groups excluding tert-OH is 2. The summed E-state index contributed by atoms with van der Waals surface area (Å²) in [4.78, 5) is 23.0. The zero-order valence-electron chi connectivity index (χ0n) is 10.5. The van der Waals surface area contributed by atoms with Gasteiger partial charge in [-0.3, -0.25) is 15.0 Å². The van der Waals surface area contributed by atoms with Gasteiger partial charge in [0.2, 0.25) is 0 Å². The molecule has 1 aromatic rings. The molecule has 108 valence electrons. The molecule has 1 aromatic carbocycles. The molecule has 0 spiro atoms. The van der Waals surface area contributed by atoms with Gasteiger partial charge in [-0.05, 0) is 5.56 Å². The first-order chi connectivity index (χ1) is 9.40. The Balaban J connectivity index is 2.30. The number of aliphatic hydroxyl groups is 2. The topological polar surface area (TPSA) is 124 Å². The Morgan fingerprint density at radius 2 is 1.95 bits per heavy atom. The van der Waals surface area contributed by atoms with Crippen molar-refractivity contribution in [1.82, 2.24) is 4.90 Å². The van der Waals surface area contributed by atoms with Gasteiger partial charge in [-0.15, -0.1) is 0 Å². The van der Waals surface area contributed by atoms with Crippen LogP contribution in [-0.4, -0.2) is 56.4 Å². The smallest absolute Gasteiger partial charge is 0.343 e. The van der Waals surface area contributed by atoms with Crippen molar-refractivity contribution in [3.63, 3.8) is 0 Å². The van der Waals surface area contributed by atoms with Crippen molar-refractivity contribution in [2.45, 2.75) is 18.8 Å². The van der Waals surface area contributed by atoms with Gasteiger partial charge in [0.25, 0.3) is 5.69 Å². The number of hydrogen-bond donors (Lipinski definition) is 3. The molecule has 0 bridgehead atoms. The van der Waals surface area contributed by atoms with Gasteiger partial charge in [0.1, 0.15) is 5.56 Å². The molecular weight excluding hydrogens is 268 g/mol.